The van der Waals surface area contributed by atoms with Crippen molar-refractivity contribution in [2.75, 3.05) is 19.6 Å². The molecule has 152 valence electrons. The standard InChI is InChI=1S/C20H15Cl2N5O3/c1-29-15-8-14(21)13(16(22)18(15)30-2)10-24-27-20-25-17(11-6-4-3-5-7-11)12(9-23)19(28)26-20/h3-8,10H,1-2H3,(H2,25,26,27,28). The van der Waals surface area contributed by atoms with Gasteiger partial charge in [0.05, 0.1) is 36.2 Å². The zero-order valence-corrected chi connectivity index (χ0v) is 17.4. The number of anilines is 1. The molecule has 0 saturated heterocycles. The minimum absolute atomic E-state index is 0.0434. The van der Waals surface area contributed by atoms with Gasteiger partial charge in [0.2, 0.25) is 5.95 Å². The Hall–Kier alpha value is -3.54. The molecular formula is C20H15Cl2N5O3. The van der Waals surface area contributed by atoms with E-state index in [1.165, 1.54) is 20.4 Å². The van der Waals surface area contributed by atoms with Crippen molar-refractivity contribution in [1.82, 2.24) is 9.97 Å². The Morgan fingerprint density at radius 3 is 2.60 bits per heavy atom. The van der Waals surface area contributed by atoms with Crippen molar-refractivity contribution in [2.45, 2.75) is 0 Å². The van der Waals surface area contributed by atoms with Gasteiger partial charge in [-0.3, -0.25) is 9.78 Å². The molecule has 2 N–H and O–H groups in total. The molecule has 0 aliphatic carbocycles. The fourth-order valence-electron chi connectivity index (χ4n) is 2.65. The molecular weight excluding hydrogens is 429 g/mol. The number of aromatic nitrogens is 2. The van der Waals surface area contributed by atoms with Crippen LogP contribution in [0, 0.1) is 11.3 Å². The lowest BCUT2D eigenvalue weighted by molar-refractivity contribution is 0.355. The van der Waals surface area contributed by atoms with Crippen LogP contribution in [0.3, 0.4) is 0 Å². The van der Waals surface area contributed by atoms with Crippen molar-refractivity contribution >= 4 is 35.4 Å². The predicted octanol–water partition coefficient (Wildman–Crippen LogP) is 4.08. The lowest BCUT2D eigenvalue weighted by Crippen LogP contribution is -2.16. The molecule has 0 aliphatic rings. The van der Waals surface area contributed by atoms with Gasteiger partial charge in [-0.2, -0.15) is 10.4 Å². The van der Waals surface area contributed by atoms with Crippen molar-refractivity contribution in [3.63, 3.8) is 0 Å². The summed E-state index contributed by atoms with van der Waals surface area (Å²) >= 11 is 12.6. The van der Waals surface area contributed by atoms with Crippen molar-refractivity contribution < 1.29 is 9.47 Å². The Morgan fingerprint density at radius 2 is 1.97 bits per heavy atom. The SMILES string of the molecule is COc1cc(Cl)c(C=NNc2nc(-c3ccccc3)c(C#N)c(=O)[nH]2)c(Cl)c1OC. The molecule has 0 spiro atoms. The maximum absolute atomic E-state index is 12.3. The third-order valence-corrected chi connectivity index (χ3v) is 4.73. The third-order valence-electron chi connectivity index (χ3n) is 4.04. The minimum Gasteiger partial charge on any atom is -0.493 e. The van der Waals surface area contributed by atoms with E-state index in [9.17, 15) is 10.1 Å². The molecule has 1 aromatic heterocycles. The first-order chi connectivity index (χ1) is 14.5. The van der Waals surface area contributed by atoms with Gasteiger partial charge < -0.3 is 9.47 Å². The molecule has 0 saturated carbocycles. The summed E-state index contributed by atoms with van der Waals surface area (Å²) in [4.78, 5) is 19.0. The Labute approximate surface area is 181 Å². The Kier molecular flexibility index (Phi) is 6.57. The molecule has 0 aliphatic heterocycles. The maximum Gasteiger partial charge on any atom is 0.270 e. The highest BCUT2D eigenvalue weighted by molar-refractivity contribution is 6.40. The number of ether oxygens (including phenoxy) is 2. The van der Waals surface area contributed by atoms with Crippen LogP contribution < -0.4 is 20.5 Å². The summed E-state index contributed by atoms with van der Waals surface area (Å²) in [5.74, 6) is 0.728. The van der Waals surface area contributed by atoms with E-state index in [1.54, 1.807) is 30.3 Å². The van der Waals surface area contributed by atoms with Gasteiger partial charge in [-0.05, 0) is 0 Å². The molecule has 0 atom stereocenters. The summed E-state index contributed by atoms with van der Waals surface area (Å²) < 4.78 is 10.4. The number of rotatable bonds is 6. The Bertz CT molecular complexity index is 1200. The first-order valence-corrected chi connectivity index (χ1v) is 9.24. The highest BCUT2D eigenvalue weighted by atomic mass is 35.5. The van der Waals surface area contributed by atoms with Gasteiger partial charge in [-0.15, -0.1) is 0 Å². The largest absolute Gasteiger partial charge is 0.493 e. The number of halogens is 2. The van der Waals surface area contributed by atoms with Crippen LogP contribution in [0.25, 0.3) is 11.3 Å². The molecule has 1 heterocycles. The second-order valence-corrected chi connectivity index (χ2v) is 6.59. The molecule has 10 heteroatoms. The van der Waals surface area contributed by atoms with E-state index in [-0.39, 0.29) is 27.3 Å². The molecule has 0 radical (unpaired) electrons. The molecule has 8 nitrogen and oxygen atoms in total. The quantitative estimate of drug-likeness (QED) is 0.438. The zero-order chi connectivity index (χ0) is 21.7. The average Bonchev–Trinajstić information content (AvgIpc) is 2.75. The van der Waals surface area contributed by atoms with Gasteiger partial charge in [0, 0.05) is 17.2 Å². The normalized spacial score (nSPS) is 10.6. The van der Waals surface area contributed by atoms with Crippen LogP contribution in [-0.2, 0) is 0 Å². The van der Waals surface area contributed by atoms with Crippen LogP contribution in [0.4, 0.5) is 5.95 Å². The monoisotopic (exact) mass is 443 g/mol. The third kappa shape index (κ3) is 4.22. The fourth-order valence-corrected chi connectivity index (χ4v) is 3.26. The molecule has 30 heavy (non-hydrogen) atoms. The van der Waals surface area contributed by atoms with Crippen LogP contribution in [0.1, 0.15) is 11.1 Å². The van der Waals surface area contributed by atoms with Crippen molar-refractivity contribution in [3.8, 4) is 28.8 Å². The van der Waals surface area contributed by atoms with E-state index in [4.69, 9.17) is 32.7 Å². The number of hydrazone groups is 1. The van der Waals surface area contributed by atoms with Gasteiger partial charge in [-0.25, -0.2) is 10.4 Å². The van der Waals surface area contributed by atoms with Gasteiger partial charge in [0.15, 0.2) is 11.5 Å². The number of H-pyrrole nitrogens is 1. The highest BCUT2D eigenvalue weighted by Crippen LogP contribution is 2.40. The summed E-state index contributed by atoms with van der Waals surface area (Å²) in [6, 6.07) is 12.3. The van der Waals surface area contributed by atoms with E-state index in [0.717, 1.165) is 0 Å². The maximum atomic E-state index is 12.3. The van der Waals surface area contributed by atoms with Crippen LogP contribution in [0.15, 0.2) is 46.3 Å². The number of hydrogen-bond donors (Lipinski definition) is 2. The minimum atomic E-state index is -0.591. The number of aromatic amines is 1. The van der Waals surface area contributed by atoms with E-state index < -0.39 is 5.56 Å². The predicted molar refractivity (Wildman–Crippen MR) is 116 cm³/mol. The summed E-state index contributed by atoms with van der Waals surface area (Å²) in [6.07, 6.45) is 1.35. The van der Waals surface area contributed by atoms with E-state index in [2.05, 4.69) is 20.5 Å². The number of methoxy groups -OCH3 is 2. The van der Waals surface area contributed by atoms with Gasteiger partial charge in [-0.1, -0.05) is 53.5 Å². The Balaban J connectivity index is 1.96. The number of nitriles is 1. The second kappa shape index (κ2) is 9.31. The summed E-state index contributed by atoms with van der Waals surface area (Å²) in [6.45, 7) is 0. The van der Waals surface area contributed by atoms with Crippen LogP contribution in [0.2, 0.25) is 10.0 Å². The number of nitrogens with one attached hydrogen (secondary N) is 2. The molecule has 3 aromatic rings. The lowest BCUT2D eigenvalue weighted by Gasteiger charge is -2.12. The molecule has 0 bridgehead atoms. The average molecular weight is 444 g/mol. The smallest absolute Gasteiger partial charge is 0.270 e. The molecule has 0 fully saturated rings. The van der Waals surface area contributed by atoms with Crippen LogP contribution in [-0.4, -0.2) is 30.4 Å². The summed E-state index contributed by atoms with van der Waals surface area (Å²) in [7, 11) is 2.92. The summed E-state index contributed by atoms with van der Waals surface area (Å²) in [5.41, 5.74) is 3.17. The van der Waals surface area contributed by atoms with Crippen LogP contribution in [0.5, 0.6) is 11.5 Å². The van der Waals surface area contributed by atoms with E-state index >= 15 is 0 Å². The van der Waals surface area contributed by atoms with Crippen molar-refractivity contribution in [3.05, 3.63) is 67.9 Å². The number of hydrogen-bond acceptors (Lipinski definition) is 7. The van der Waals surface area contributed by atoms with Crippen molar-refractivity contribution in [2.24, 2.45) is 5.10 Å². The second-order valence-electron chi connectivity index (χ2n) is 5.81. The molecule has 3 rings (SSSR count). The first-order valence-electron chi connectivity index (χ1n) is 8.49. The van der Waals surface area contributed by atoms with Gasteiger partial charge in [0.1, 0.15) is 11.6 Å². The van der Waals surface area contributed by atoms with Crippen LogP contribution >= 0.6 is 23.2 Å². The first kappa shape index (κ1) is 21.2. The zero-order valence-electron chi connectivity index (χ0n) is 15.9. The van der Waals surface area contributed by atoms with Crippen molar-refractivity contribution in [1.29, 1.82) is 5.26 Å². The Morgan fingerprint density at radius 1 is 1.23 bits per heavy atom. The number of benzene rings is 2. The highest BCUT2D eigenvalue weighted by Gasteiger charge is 2.17. The summed E-state index contributed by atoms with van der Waals surface area (Å²) in [5, 5.41) is 13.9. The fraction of sp³-hybridized carbons (Fsp3) is 0.100. The molecule has 0 amide bonds. The lowest BCUT2D eigenvalue weighted by atomic mass is 10.1. The molecule has 2 aromatic carbocycles. The molecule has 0 unspecified atom stereocenters. The topological polar surface area (TPSA) is 112 Å². The van der Waals surface area contributed by atoms with Gasteiger partial charge in [0.25, 0.3) is 5.56 Å². The van der Waals surface area contributed by atoms with E-state index in [1.807, 2.05) is 12.1 Å². The van der Waals surface area contributed by atoms with E-state index in [0.29, 0.717) is 22.6 Å². The van der Waals surface area contributed by atoms with Gasteiger partial charge >= 0.3 is 0 Å². The number of nitrogens with zero attached hydrogens (tertiary/aromatic N) is 3.